The molecule has 90 valence electrons. The largest absolute Gasteiger partial charge is 0.330 e. The lowest BCUT2D eigenvalue weighted by Crippen LogP contribution is -2.15. The van der Waals surface area contributed by atoms with Crippen molar-refractivity contribution in [2.75, 3.05) is 13.6 Å². The highest BCUT2D eigenvalue weighted by Crippen LogP contribution is 2.32. The fourth-order valence-electron chi connectivity index (χ4n) is 1.64. The Morgan fingerprint density at radius 2 is 2.18 bits per heavy atom. The topological polar surface area (TPSA) is 29.9 Å². The van der Waals surface area contributed by atoms with Crippen LogP contribution in [0.1, 0.15) is 0 Å². The number of hydrogen-bond donors (Lipinski definition) is 1. The van der Waals surface area contributed by atoms with E-state index in [9.17, 15) is 0 Å². The van der Waals surface area contributed by atoms with E-state index < -0.39 is 0 Å². The summed E-state index contributed by atoms with van der Waals surface area (Å²) in [7, 11) is 1.92. The van der Waals surface area contributed by atoms with E-state index >= 15 is 0 Å². The van der Waals surface area contributed by atoms with Crippen molar-refractivity contribution >= 4 is 23.2 Å². The quantitative estimate of drug-likeness (QED) is 0.925. The van der Waals surface area contributed by atoms with Crippen molar-refractivity contribution in [2.24, 2.45) is 0 Å². The van der Waals surface area contributed by atoms with E-state index in [0.29, 0.717) is 10.0 Å². The number of rotatable bonds is 4. The summed E-state index contributed by atoms with van der Waals surface area (Å²) >= 11 is 12.2. The molecule has 1 aromatic carbocycles. The third-order valence-corrected chi connectivity index (χ3v) is 3.33. The van der Waals surface area contributed by atoms with Crippen LogP contribution in [0.3, 0.4) is 0 Å². The van der Waals surface area contributed by atoms with Gasteiger partial charge in [-0.25, -0.2) is 4.98 Å². The standard InChI is InChI=1S/C12H13Cl2N3/c1-15-5-7-17-8-6-16-12(17)9-3-2-4-10(13)11(9)14/h2-4,6,8,15H,5,7H2,1H3. The van der Waals surface area contributed by atoms with Gasteiger partial charge in [0.2, 0.25) is 0 Å². The molecule has 0 aliphatic rings. The van der Waals surface area contributed by atoms with Crippen LogP contribution in [0.25, 0.3) is 11.4 Å². The molecule has 0 aliphatic carbocycles. The van der Waals surface area contributed by atoms with Crippen molar-refractivity contribution in [3.63, 3.8) is 0 Å². The van der Waals surface area contributed by atoms with Crippen molar-refractivity contribution in [3.05, 3.63) is 40.6 Å². The van der Waals surface area contributed by atoms with Gasteiger partial charge in [-0.3, -0.25) is 0 Å². The van der Waals surface area contributed by atoms with Gasteiger partial charge in [0.25, 0.3) is 0 Å². The number of halogens is 2. The molecule has 0 amide bonds. The van der Waals surface area contributed by atoms with E-state index in [4.69, 9.17) is 23.2 Å². The van der Waals surface area contributed by atoms with Gasteiger partial charge in [-0.1, -0.05) is 29.3 Å². The van der Waals surface area contributed by atoms with Gasteiger partial charge in [-0.2, -0.15) is 0 Å². The van der Waals surface area contributed by atoms with Crippen LogP contribution < -0.4 is 5.32 Å². The van der Waals surface area contributed by atoms with Gasteiger partial charge in [0.1, 0.15) is 5.82 Å². The highest BCUT2D eigenvalue weighted by Gasteiger charge is 2.11. The maximum atomic E-state index is 6.19. The molecule has 5 heteroatoms. The third-order valence-electron chi connectivity index (χ3n) is 2.51. The third kappa shape index (κ3) is 2.63. The summed E-state index contributed by atoms with van der Waals surface area (Å²) in [5, 5.41) is 4.20. The van der Waals surface area contributed by atoms with Crippen LogP contribution >= 0.6 is 23.2 Å². The first kappa shape index (κ1) is 12.4. The van der Waals surface area contributed by atoms with Crippen molar-refractivity contribution in [1.82, 2.24) is 14.9 Å². The molecule has 1 heterocycles. The lowest BCUT2D eigenvalue weighted by molar-refractivity contribution is 0.649. The second-order valence-electron chi connectivity index (χ2n) is 3.65. The number of benzene rings is 1. The van der Waals surface area contributed by atoms with Crippen LogP contribution in [-0.4, -0.2) is 23.1 Å². The van der Waals surface area contributed by atoms with Crippen LogP contribution in [0.15, 0.2) is 30.6 Å². The van der Waals surface area contributed by atoms with Crippen LogP contribution in [-0.2, 0) is 6.54 Å². The molecule has 2 aromatic rings. The van der Waals surface area contributed by atoms with Gasteiger partial charge in [-0.05, 0) is 19.2 Å². The van der Waals surface area contributed by atoms with Crippen LogP contribution in [0, 0.1) is 0 Å². The number of aromatic nitrogens is 2. The molecule has 0 aliphatic heterocycles. The van der Waals surface area contributed by atoms with Gasteiger partial charge < -0.3 is 9.88 Å². The number of nitrogens with one attached hydrogen (secondary N) is 1. The monoisotopic (exact) mass is 269 g/mol. The van der Waals surface area contributed by atoms with Crippen molar-refractivity contribution in [1.29, 1.82) is 0 Å². The normalized spacial score (nSPS) is 10.8. The van der Waals surface area contributed by atoms with Gasteiger partial charge in [0.05, 0.1) is 10.0 Å². The molecule has 0 radical (unpaired) electrons. The molecule has 0 saturated carbocycles. The fraction of sp³-hybridized carbons (Fsp3) is 0.250. The minimum atomic E-state index is 0.547. The Labute approximate surface area is 110 Å². The first-order valence-corrected chi connectivity index (χ1v) is 6.09. The number of hydrogen-bond acceptors (Lipinski definition) is 2. The molecule has 0 bridgehead atoms. The molecule has 1 N–H and O–H groups in total. The zero-order valence-corrected chi connectivity index (χ0v) is 11.0. The molecule has 2 rings (SSSR count). The molecule has 1 aromatic heterocycles. The van der Waals surface area contributed by atoms with E-state index in [1.807, 2.05) is 29.9 Å². The Hall–Kier alpha value is -1.03. The number of imidazole rings is 1. The SMILES string of the molecule is CNCCn1ccnc1-c1cccc(Cl)c1Cl. The van der Waals surface area contributed by atoms with Crippen LogP contribution in [0.4, 0.5) is 0 Å². The van der Waals surface area contributed by atoms with Crippen molar-refractivity contribution < 1.29 is 0 Å². The molecular weight excluding hydrogens is 257 g/mol. The average molecular weight is 270 g/mol. The zero-order valence-electron chi connectivity index (χ0n) is 9.45. The molecule has 3 nitrogen and oxygen atoms in total. The Morgan fingerprint density at radius 3 is 2.94 bits per heavy atom. The van der Waals surface area contributed by atoms with E-state index in [2.05, 4.69) is 10.3 Å². The van der Waals surface area contributed by atoms with E-state index in [1.165, 1.54) is 0 Å². The van der Waals surface area contributed by atoms with Crippen molar-refractivity contribution in [2.45, 2.75) is 6.54 Å². The Bertz CT molecular complexity index is 508. The summed E-state index contributed by atoms with van der Waals surface area (Å²) in [6, 6.07) is 5.57. The van der Waals surface area contributed by atoms with Gasteiger partial charge in [0, 0.05) is 31.0 Å². The summed E-state index contributed by atoms with van der Waals surface area (Å²) in [4.78, 5) is 4.33. The van der Waals surface area contributed by atoms with Crippen LogP contribution in [0.5, 0.6) is 0 Å². The lowest BCUT2D eigenvalue weighted by atomic mass is 10.2. The first-order chi connectivity index (χ1) is 8.24. The van der Waals surface area contributed by atoms with E-state index in [1.54, 1.807) is 12.3 Å². The molecule has 17 heavy (non-hydrogen) atoms. The Morgan fingerprint density at radius 1 is 1.35 bits per heavy atom. The van der Waals surface area contributed by atoms with Crippen molar-refractivity contribution in [3.8, 4) is 11.4 Å². The molecule has 0 saturated heterocycles. The second-order valence-corrected chi connectivity index (χ2v) is 4.43. The summed E-state index contributed by atoms with van der Waals surface area (Å²) in [5.74, 6) is 0.841. The van der Waals surface area contributed by atoms with Gasteiger partial charge in [0.15, 0.2) is 0 Å². The highest BCUT2D eigenvalue weighted by atomic mass is 35.5. The summed E-state index contributed by atoms with van der Waals surface area (Å²) in [5.41, 5.74) is 0.861. The lowest BCUT2D eigenvalue weighted by Gasteiger charge is -2.09. The van der Waals surface area contributed by atoms with E-state index in [-0.39, 0.29) is 0 Å². The smallest absolute Gasteiger partial charge is 0.141 e. The van der Waals surface area contributed by atoms with Gasteiger partial charge >= 0.3 is 0 Å². The minimum absolute atomic E-state index is 0.547. The maximum Gasteiger partial charge on any atom is 0.141 e. The summed E-state index contributed by atoms with van der Waals surface area (Å²) in [6.45, 7) is 1.72. The number of likely N-dealkylation sites (N-methyl/N-ethyl adjacent to an activating group) is 1. The Balaban J connectivity index is 2.39. The summed E-state index contributed by atoms with van der Waals surface area (Å²) in [6.07, 6.45) is 3.70. The fourth-order valence-corrected chi connectivity index (χ4v) is 2.03. The predicted molar refractivity (Wildman–Crippen MR) is 71.6 cm³/mol. The second kappa shape index (κ2) is 5.54. The highest BCUT2D eigenvalue weighted by molar-refractivity contribution is 6.43. The minimum Gasteiger partial charge on any atom is -0.330 e. The molecule has 0 fully saturated rings. The molecule has 0 spiro atoms. The zero-order chi connectivity index (χ0) is 12.3. The predicted octanol–water partition coefficient (Wildman–Crippen LogP) is 3.08. The van der Waals surface area contributed by atoms with Gasteiger partial charge in [-0.15, -0.1) is 0 Å². The Kier molecular flexibility index (Phi) is 4.05. The summed E-state index contributed by atoms with van der Waals surface area (Å²) < 4.78 is 2.05. The molecule has 0 atom stereocenters. The average Bonchev–Trinajstić information content (AvgIpc) is 2.78. The maximum absolute atomic E-state index is 6.19. The molecular formula is C12H13Cl2N3. The van der Waals surface area contributed by atoms with Crippen LogP contribution in [0.2, 0.25) is 10.0 Å². The number of nitrogens with zero attached hydrogens (tertiary/aromatic N) is 2. The molecule has 0 unspecified atom stereocenters. The first-order valence-electron chi connectivity index (χ1n) is 5.34. The van der Waals surface area contributed by atoms with E-state index in [0.717, 1.165) is 24.5 Å².